The summed E-state index contributed by atoms with van der Waals surface area (Å²) in [4.78, 5) is 15.5. The second-order valence-electron chi connectivity index (χ2n) is 3.40. The lowest BCUT2D eigenvalue weighted by atomic mass is 10.2. The highest BCUT2D eigenvalue weighted by Crippen LogP contribution is 2.11. The number of rotatable bonds is 2. The first-order valence-electron chi connectivity index (χ1n) is 4.85. The summed E-state index contributed by atoms with van der Waals surface area (Å²) in [5, 5.41) is 2.64. The highest BCUT2D eigenvalue weighted by molar-refractivity contribution is 6.13. The van der Waals surface area contributed by atoms with E-state index in [-0.39, 0.29) is 17.8 Å². The molecule has 78 valence electrons. The van der Waals surface area contributed by atoms with Gasteiger partial charge in [-0.25, -0.2) is 4.39 Å². The van der Waals surface area contributed by atoms with E-state index in [1.54, 1.807) is 12.1 Å². The average molecular weight is 206 g/mol. The number of benzene rings is 1. The van der Waals surface area contributed by atoms with Crippen LogP contribution in [-0.4, -0.2) is 17.8 Å². The highest BCUT2D eigenvalue weighted by Gasteiger charge is 2.25. The monoisotopic (exact) mass is 206 g/mol. The number of amides is 1. The van der Waals surface area contributed by atoms with E-state index in [4.69, 9.17) is 0 Å². The second kappa shape index (κ2) is 3.81. The van der Waals surface area contributed by atoms with Crippen LogP contribution in [0.2, 0.25) is 0 Å². The summed E-state index contributed by atoms with van der Waals surface area (Å²) < 4.78 is 12.9. The zero-order chi connectivity index (χ0) is 10.8. The number of halogens is 1. The number of amidine groups is 1. The first-order chi connectivity index (χ1) is 7.20. The quantitative estimate of drug-likeness (QED) is 0.782. The fourth-order valence-corrected chi connectivity index (χ4v) is 1.51. The van der Waals surface area contributed by atoms with Crippen LogP contribution in [-0.2, 0) is 4.79 Å². The maximum Gasteiger partial charge on any atom is 0.250 e. The van der Waals surface area contributed by atoms with Crippen molar-refractivity contribution >= 4 is 11.7 Å². The Morgan fingerprint density at radius 2 is 2.33 bits per heavy atom. The van der Waals surface area contributed by atoms with Gasteiger partial charge in [0, 0.05) is 5.56 Å². The molecule has 1 aromatic carbocycles. The number of carbonyl (C=O) groups excluding carboxylic acids is 1. The molecule has 1 heterocycles. The largest absolute Gasteiger partial charge is 0.309 e. The van der Waals surface area contributed by atoms with Crippen LogP contribution in [0.3, 0.4) is 0 Å². The van der Waals surface area contributed by atoms with Gasteiger partial charge in [0.2, 0.25) is 5.91 Å². The fourth-order valence-electron chi connectivity index (χ4n) is 1.51. The van der Waals surface area contributed by atoms with Gasteiger partial charge in [-0.2, -0.15) is 0 Å². The lowest BCUT2D eigenvalue weighted by Crippen LogP contribution is -2.28. The van der Waals surface area contributed by atoms with E-state index in [2.05, 4.69) is 10.3 Å². The molecule has 1 aromatic rings. The van der Waals surface area contributed by atoms with Crippen molar-refractivity contribution in [1.82, 2.24) is 5.32 Å². The van der Waals surface area contributed by atoms with E-state index < -0.39 is 0 Å². The van der Waals surface area contributed by atoms with Crippen molar-refractivity contribution in [2.45, 2.75) is 19.4 Å². The molecule has 0 spiro atoms. The maximum atomic E-state index is 12.9. The molecule has 1 aliphatic heterocycles. The van der Waals surface area contributed by atoms with Gasteiger partial charge in [0.05, 0.1) is 0 Å². The van der Waals surface area contributed by atoms with Crippen LogP contribution >= 0.6 is 0 Å². The zero-order valence-electron chi connectivity index (χ0n) is 8.33. The summed E-state index contributed by atoms with van der Waals surface area (Å²) in [6.45, 7) is 1.89. The Kier molecular flexibility index (Phi) is 2.49. The summed E-state index contributed by atoms with van der Waals surface area (Å²) in [5.74, 6) is 0.0208. The summed E-state index contributed by atoms with van der Waals surface area (Å²) in [5.41, 5.74) is 0.610. The molecule has 1 aliphatic rings. The third kappa shape index (κ3) is 1.88. The van der Waals surface area contributed by atoms with E-state index in [0.29, 0.717) is 17.8 Å². The third-order valence-corrected chi connectivity index (χ3v) is 2.31. The van der Waals surface area contributed by atoms with Crippen LogP contribution in [0.4, 0.5) is 4.39 Å². The van der Waals surface area contributed by atoms with Gasteiger partial charge in [0.25, 0.3) is 0 Å². The fraction of sp³-hybridized carbons (Fsp3) is 0.273. The van der Waals surface area contributed by atoms with E-state index in [0.717, 1.165) is 0 Å². The minimum atomic E-state index is -0.330. The molecule has 1 atom stereocenters. The van der Waals surface area contributed by atoms with Crippen LogP contribution in [0.25, 0.3) is 0 Å². The van der Waals surface area contributed by atoms with Gasteiger partial charge in [0.15, 0.2) is 0 Å². The zero-order valence-corrected chi connectivity index (χ0v) is 8.33. The SMILES string of the molecule is CCC1N=C(c2cccc(F)c2)NC1=O. The molecule has 1 N–H and O–H groups in total. The summed E-state index contributed by atoms with van der Waals surface area (Å²) >= 11 is 0. The molecule has 0 bridgehead atoms. The van der Waals surface area contributed by atoms with E-state index in [9.17, 15) is 9.18 Å². The molecule has 4 heteroatoms. The Hall–Kier alpha value is -1.71. The van der Waals surface area contributed by atoms with Gasteiger partial charge in [-0.15, -0.1) is 0 Å². The minimum Gasteiger partial charge on any atom is -0.309 e. The Morgan fingerprint density at radius 3 is 2.93 bits per heavy atom. The van der Waals surface area contributed by atoms with Gasteiger partial charge in [-0.05, 0) is 18.6 Å². The molecular formula is C11H11FN2O. The molecular weight excluding hydrogens is 195 g/mol. The van der Waals surface area contributed by atoms with Gasteiger partial charge in [0.1, 0.15) is 17.7 Å². The molecule has 1 amide bonds. The van der Waals surface area contributed by atoms with E-state index in [1.807, 2.05) is 6.92 Å². The molecule has 2 rings (SSSR count). The van der Waals surface area contributed by atoms with Crippen LogP contribution < -0.4 is 5.32 Å². The Balaban J connectivity index is 2.30. The van der Waals surface area contributed by atoms with Gasteiger partial charge in [-0.1, -0.05) is 19.1 Å². The van der Waals surface area contributed by atoms with Crippen molar-refractivity contribution in [2.75, 3.05) is 0 Å². The molecule has 0 saturated heterocycles. The molecule has 0 aliphatic carbocycles. The normalized spacial score (nSPS) is 20.0. The summed E-state index contributed by atoms with van der Waals surface area (Å²) in [6.07, 6.45) is 0.657. The number of nitrogens with zero attached hydrogens (tertiary/aromatic N) is 1. The lowest BCUT2D eigenvalue weighted by molar-refractivity contribution is -0.120. The molecule has 0 fully saturated rings. The standard InChI is InChI=1S/C11H11FN2O/c1-2-9-11(15)14-10(13-9)7-4-3-5-8(12)6-7/h3-6,9H,2H2,1H3,(H,13,14,15). The molecule has 3 nitrogen and oxygen atoms in total. The lowest BCUT2D eigenvalue weighted by Gasteiger charge is -2.00. The molecule has 0 aromatic heterocycles. The van der Waals surface area contributed by atoms with Crippen molar-refractivity contribution in [2.24, 2.45) is 4.99 Å². The minimum absolute atomic E-state index is 0.114. The first-order valence-corrected chi connectivity index (χ1v) is 4.85. The van der Waals surface area contributed by atoms with E-state index in [1.165, 1.54) is 12.1 Å². The van der Waals surface area contributed by atoms with Crippen molar-refractivity contribution in [3.8, 4) is 0 Å². The summed E-state index contributed by atoms with van der Waals surface area (Å²) in [7, 11) is 0. The molecule has 15 heavy (non-hydrogen) atoms. The van der Waals surface area contributed by atoms with Crippen molar-refractivity contribution in [3.05, 3.63) is 35.6 Å². The second-order valence-corrected chi connectivity index (χ2v) is 3.40. The predicted octanol–water partition coefficient (Wildman–Crippen LogP) is 1.48. The number of nitrogens with one attached hydrogen (secondary N) is 1. The molecule has 0 saturated carbocycles. The van der Waals surface area contributed by atoms with Crippen LogP contribution in [0, 0.1) is 5.82 Å². The molecule has 0 radical (unpaired) electrons. The maximum absolute atomic E-state index is 12.9. The van der Waals surface area contributed by atoms with Crippen molar-refractivity contribution in [3.63, 3.8) is 0 Å². The molecule has 1 unspecified atom stereocenters. The van der Waals surface area contributed by atoms with Gasteiger partial charge < -0.3 is 5.32 Å². The number of hydrogen-bond acceptors (Lipinski definition) is 2. The number of hydrogen-bond donors (Lipinski definition) is 1. The predicted molar refractivity (Wildman–Crippen MR) is 55.2 cm³/mol. The highest BCUT2D eigenvalue weighted by atomic mass is 19.1. The van der Waals surface area contributed by atoms with Gasteiger partial charge >= 0.3 is 0 Å². The van der Waals surface area contributed by atoms with Crippen molar-refractivity contribution in [1.29, 1.82) is 0 Å². The first kappa shape index (κ1) is 9.83. The van der Waals surface area contributed by atoms with Crippen LogP contribution in [0.15, 0.2) is 29.3 Å². The van der Waals surface area contributed by atoms with Gasteiger partial charge in [-0.3, -0.25) is 9.79 Å². The van der Waals surface area contributed by atoms with Crippen molar-refractivity contribution < 1.29 is 9.18 Å². The Morgan fingerprint density at radius 1 is 1.53 bits per heavy atom. The number of aliphatic imine (C=N–C) groups is 1. The summed E-state index contributed by atoms with van der Waals surface area (Å²) in [6, 6.07) is 5.71. The topological polar surface area (TPSA) is 41.5 Å². The average Bonchev–Trinajstić information content (AvgIpc) is 2.60. The van der Waals surface area contributed by atoms with E-state index >= 15 is 0 Å². The van der Waals surface area contributed by atoms with Crippen LogP contribution in [0.5, 0.6) is 0 Å². The Labute approximate surface area is 87.0 Å². The van der Waals surface area contributed by atoms with Crippen LogP contribution in [0.1, 0.15) is 18.9 Å². The Bertz CT molecular complexity index is 428. The number of carbonyl (C=O) groups is 1. The smallest absolute Gasteiger partial charge is 0.250 e. The third-order valence-electron chi connectivity index (χ3n) is 2.31.